The number of hydrogen-bond donors (Lipinski definition) is 2. The van der Waals surface area contributed by atoms with Crippen LogP contribution in [0.1, 0.15) is 5.56 Å². The molecule has 0 aromatic carbocycles. The average molecular weight is 269 g/mol. The summed E-state index contributed by atoms with van der Waals surface area (Å²) in [6, 6.07) is 4.89. The van der Waals surface area contributed by atoms with Gasteiger partial charge in [-0.1, -0.05) is 6.07 Å². The van der Waals surface area contributed by atoms with Crippen molar-refractivity contribution in [3.05, 3.63) is 35.3 Å². The Bertz CT molecular complexity index is 621. The Morgan fingerprint density at radius 3 is 2.82 bits per heavy atom. The quantitative estimate of drug-likeness (QED) is 0.890. The molecule has 0 atom stereocenters. The fraction of sp³-hybridized carbons (Fsp3) is 0.100. The topological polar surface area (TPSA) is 85.1 Å². The number of nitrogens with two attached hydrogens (primary N) is 1. The first-order chi connectivity index (χ1) is 7.99. The van der Waals surface area contributed by atoms with Crippen molar-refractivity contribution in [3.8, 4) is 0 Å². The molecule has 5 nitrogen and oxygen atoms in total. The summed E-state index contributed by atoms with van der Waals surface area (Å²) in [6.45, 7) is 1.75. The summed E-state index contributed by atoms with van der Waals surface area (Å²) in [4.78, 5) is 3.96. The minimum atomic E-state index is -3.54. The minimum absolute atomic E-state index is 0.260. The van der Waals surface area contributed by atoms with Gasteiger partial charge in [-0.05, 0) is 30.0 Å². The highest BCUT2D eigenvalue weighted by atomic mass is 32.2. The molecule has 2 heterocycles. The SMILES string of the molecule is Cc1cc(N)cnc1NS(=O)(=O)c1cccs1. The summed E-state index contributed by atoms with van der Waals surface area (Å²) in [5.74, 6) is 0.299. The molecule has 0 aliphatic heterocycles. The van der Waals surface area contributed by atoms with E-state index in [4.69, 9.17) is 5.73 Å². The molecule has 0 aliphatic rings. The van der Waals surface area contributed by atoms with E-state index in [1.165, 1.54) is 6.20 Å². The molecule has 0 saturated carbocycles. The number of hydrogen-bond acceptors (Lipinski definition) is 5. The molecule has 0 spiro atoms. The van der Waals surface area contributed by atoms with Crippen molar-refractivity contribution in [1.29, 1.82) is 0 Å². The van der Waals surface area contributed by atoms with Gasteiger partial charge in [0.1, 0.15) is 10.0 Å². The van der Waals surface area contributed by atoms with E-state index in [-0.39, 0.29) is 4.21 Å². The molecule has 3 N–H and O–H groups in total. The second-order valence-electron chi connectivity index (χ2n) is 3.47. The van der Waals surface area contributed by atoms with Crippen LogP contribution in [0.15, 0.2) is 34.0 Å². The van der Waals surface area contributed by atoms with Crippen LogP contribution in [0.3, 0.4) is 0 Å². The highest BCUT2D eigenvalue weighted by molar-refractivity contribution is 7.94. The first-order valence-electron chi connectivity index (χ1n) is 4.77. The number of pyridine rings is 1. The normalized spacial score (nSPS) is 11.4. The highest BCUT2D eigenvalue weighted by Gasteiger charge is 2.16. The average Bonchev–Trinajstić information content (AvgIpc) is 2.76. The maximum absolute atomic E-state index is 11.9. The fourth-order valence-electron chi connectivity index (χ4n) is 1.30. The summed E-state index contributed by atoms with van der Waals surface area (Å²) < 4.78 is 26.5. The third kappa shape index (κ3) is 2.56. The van der Waals surface area contributed by atoms with E-state index in [1.807, 2.05) is 0 Å². The van der Waals surface area contributed by atoms with E-state index in [0.29, 0.717) is 17.1 Å². The zero-order valence-electron chi connectivity index (χ0n) is 9.04. The lowest BCUT2D eigenvalue weighted by atomic mass is 10.3. The monoisotopic (exact) mass is 269 g/mol. The van der Waals surface area contributed by atoms with Crippen molar-refractivity contribution in [3.63, 3.8) is 0 Å². The van der Waals surface area contributed by atoms with Crippen molar-refractivity contribution >= 4 is 32.9 Å². The number of thiophene rings is 1. The third-order valence-corrected chi connectivity index (χ3v) is 4.83. The summed E-state index contributed by atoms with van der Waals surface area (Å²) in [7, 11) is -3.54. The molecule has 7 heteroatoms. The Morgan fingerprint density at radius 1 is 1.47 bits per heavy atom. The number of nitrogen functional groups attached to an aromatic ring is 1. The summed E-state index contributed by atoms with van der Waals surface area (Å²) in [5, 5.41) is 1.71. The van der Waals surface area contributed by atoms with E-state index in [2.05, 4.69) is 9.71 Å². The molecule has 2 aromatic rings. The van der Waals surface area contributed by atoms with Gasteiger partial charge in [-0.25, -0.2) is 13.4 Å². The van der Waals surface area contributed by atoms with Crippen LogP contribution in [0.4, 0.5) is 11.5 Å². The van der Waals surface area contributed by atoms with Crippen LogP contribution in [0.2, 0.25) is 0 Å². The van der Waals surface area contributed by atoms with Crippen LogP contribution >= 0.6 is 11.3 Å². The van der Waals surface area contributed by atoms with Crippen molar-refractivity contribution in [1.82, 2.24) is 4.98 Å². The largest absolute Gasteiger partial charge is 0.397 e. The molecule has 0 radical (unpaired) electrons. The number of nitrogens with zero attached hydrogens (tertiary/aromatic N) is 1. The number of nitrogens with one attached hydrogen (secondary N) is 1. The Balaban J connectivity index is 2.33. The van der Waals surface area contributed by atoms with E-state index in [0.717, 1.165) is 11.3 Å². The van der Waals surface area contributed by atoms with Crippen LogP contribution in [-0.2, 0) is 10.0 Å². The lowest BCUT2D eigenvalue weighted by Gasteiger charge is -2.08. The Morgan fingerprint density at radius 2 is 2.24 bits per heavy atom. The first-order valence-corrected chi connectivity index (χ1v) is 7.14. The molecule has 0 saturated heterocycles. The maximum atomic E-state index is 11.9. The van der Waals surface area contributed by atoms with Gasteiger partial charge in [0.15, 0.2) is 0 Å². The van der Waals surface area contributed by atoms with Crippen molar-refractivity contribution in [2.75, 3.05) is 10.5 Å². The standard InChI is InChI=1S/C10H11N3O2S2/c1-7-5-8(11)6-12-10(7)13-17(14,15)9-3-2-4-16-9/h2-6H,11H2,1H3,(H,12,13). The van der Waals surface area contributed by atoms with Gasteiger partial charge in [0.25, 0.3) is 10.0 Å². The van der Waals surface area contributed by atoms with E-state index < -0.39 is 10.0 Å². The minimum Gasteiger partial charge on any atom is -0.397 e. The van der Waals surface area contributed by atoms with Gasteiger partial charge in [0.2, 0.25) is 0 Å². The first kappa shape index (κ1) is 11.9. The summed E-state index contributed by atoms with van der Waals surface area (Å²) >= 11 is 1.16. The third-order valence-electron chi connectivity index (χ3n) is 2.09. The Labute approximate surface area is 103 Å². The predicted molar refractivity (Wildman–Crippen MR) is 68.5 cm³/mol. The molecule has 17 heavy (non-hydrogen) atoms. The lowest BCUT2D eigenvalue weighted by molar-refractivity contribution is 0.603. The molecule has 0 fully saturated rings. The zero-order valence-corrected chi connectivity index (χ0v) is 10.7. The van der Waals surface area contributed by atoms with Gasteiger partial charge < -0.3 is 5.73 Å². The van der Waals surface area contributed by atoms with Crippen LogP contribution in [0.25, 0.3) is 0 Å². The van der Waals surface area contributed by atoms with Crippen molar-refractivity contribution in [2.45, 2.75) is 11.1 Å². The predicted octanol–water partition coefficient (Wildman–Crippen LogP) is 1.83. The lowest BCUT2D eigenvalue weighted by Crippen LogP contribution is -2.13. The number of aryl methyl sites for hydroxylation is 1. The van der Waals surface area contributed by atoms with Crippen molar-refractivity contribution < 1.29 is 8.42 Å². The molecule has 2 rings (SSSR count). The van der Waals surface area contributed by atoms with E-state index in [1.54, 1.807) is 30.5 Å². The fourth-order valence-corrected chi connectivity index (χ4v) is 3.37. The zero-order chi connectivity index (χ0) is 12.5. The molecule has 2 aromatic heterocycles. The second kappa shape index (κ2) is 4.34. The van der Waals surface area contributed by atoms with Crippen molar-refractivity contribution in [2.24, 2.45) is 0 Å². The molecular weight excluding hydrogens is 258 g/mol. The summed E-state index contributed by atoms with van der Waals surface area (Å²) in [6.07, 6.45) is 1.42. The van der Waals surface area contributed by atoms with Gasteiger partial charge >= 0.3 is 0 Å². The van der Waals surface area contributed by atoms with Gasteiger partial charge in [-0.15, -0.1) is 11.3 Å². The number of anilines is 2. The molecule has 0 unspecified atom stereocenters. The Kier molecular flexibility index (Phi) is 3.03. The van der Waals surface area contributed by atoms with Gasteiger partial charge in [-0.3, -0.25) is 4.72 Å². The Hall–Kier alpha value is -1.60. The molecule has 0 bridgehead atoms. The summed E-state index contributed by atoms with van der Waals surface area (Å²) in [5.41, 5.74) is 6.73. The molecule has 90 valence electrons. The molecule has 0 aliphatic carbocycles. The molecule has 0 amide bonds. The van der Waals surface area contributed by atoms with Gasteiger partial charge in [0.05, 0.1) is 11.9 Å². The van der Waals surface area contributed by atoms with Crippen LogP contribution in [0.5, 0.6) is 0 Å². The number of sulfonamides is 1. The van der Waals surface area contributed by atoms with Crippen LogP contribution < -0.4 is 10.5 Å². The maximum Gasteiger partial charge on any atom is 0.272 e. The van der Waals surface area contributed by atoms with Gasteiger partial charge in [0, 0.05) is 0 Å². The van der Waals surface area contributed by atoms with E-state index >= 15 is 0 Å². The van der Waals surface area contributed by atoms with E-state index in [9.17, 15) is 8.42 Å². The molecular formula is C10H11N3O2S2. The second-order valence-corrected chi connectivity index (χ2v) is 6.33. The number of rotatable bonds is 3. The van der Waals surface area contributed by atoms with Crippen LogP contribution in [0, 0.1) is 6.92 Å². The number of aromatic nitrogens is 1. The highest BCUT2D eigenvalue weighted by Crippen LogP contribution is 2.21. The smallest absolute Gasteiger partial charge is 0.272 e. The van der Waals surface area contributed by atoms with Gasteiger partial charge in [-0.2, -0.15) is 0 Å². The van der Waals surface area contributed by atoms with Crippen LogP contribution in [-0.4, -0.2) is 13.4 Å².